The van der Waals surface area contributed by atoms with Gasteiger partial charge in [0, 0.05) is 28.8 Å². The lowest BCUT2D eigenvalue weighted by atomic mass is 9.96. The van der Waals surface area contributed by atoms with Gasteiger partial charge in [-0.2, -0.15) is 0 Å². The number of benzene rings is 2. The average molecular weight is 604 g/mol. The second-order valence-electron chi connectivity index (χ2n) is 8.56. The summed E-state index contributed by atoms with van der Waals surface area (Å²) in [5.41, 5.74) is 1.53. The van der Waals surface area contributed by atoms with E-state index >= 15 is 0 Å². The third kappa shape index (κ3) is 5.48. The highest BCUT2D eigenvalue weighted by molar-refractivity contribution is 7.07. The van der Waals surface area contributed by atoms with E-state index in [1.54, 1.807) is 67.6 Å². The summed E-state index contributed by atoms with van der Waals surface area (Å²) >= 11 is 20.2. The van der Waals surface area contributed by atoms with Crippen LogP contribution in [0.3, 0.4) is 0 Å². The van der Waals surface area contributed by atoms with Gasteiger partial charge < -0.3 is 13.9 Å². The Morgan fingerprint density at radius 3 is 2.67 bits per heavy atom. The van der Waals surface area contributed by atoms with E-state index in [1.165, 1.54) is 23.0 Å². The molecule has 1 unspecified atom stereocenters. The number of esters is 1. The first kappa shape index (κ1) is 27.4. The van der Waals surface area contributed by atoms with Gasteiger partial charge in [-0.25, -0.2) is 9.79 Å². The third-order valence-electron chi connectivity index (χ3n) is 6.06. The SMILES string of the molecule is COCCOC(=O)C1=C(C)N=c2sc(=Cc3ccc(-c4cc(Cl)ccc4Cl)o3)c(=O)n2C1c1ccccc1Cl. The minimum atomic E-state index is -0.829. The van der Waals surface area contributed by atoms with E-state index in [2.05, 4.69) is 4.99 Å². The lowest BCUT2D eigenvalue weighted by Crippen LogP contribution is -2.40. The molecule has 0 saturated carbocycles. The van der Waals surface area contributed by atoms with Crippen molar-refractivity contribution in [3.63, 3.8) is 0 Å². The number of allylic oxidation sites excluding steroid dienone is 1. The van der Waals surface area contributed by atoms with Gasteiger partial charge in [-0.05, 0) is 48.9 Å². The van der Waals surface area contributed by atoms with Crippen LogP contribution in [0.15, 0.2) is 80.1 Å². The maximum Gasteiger partial charge on any atom is 0.338 e. The lowest BCUT2D eigenvalue weighted by Gasteiger charge is -2.25. The lowest BCUT2D eigenvalue weighted by molar-refractivity contribution is -0.140. The molecule has 5 rings (SSSR count). The molecule has 0 spiro atoms. The van der Waals surface area contributed by atoms with Gasteiger partial charge in [0.1, 0.15) is 24.2 Å². The quantitative estimate of drug-likeness (QED) is 0.202. The first-order chi connectivity index (χ1) is 18.8. The molecule has 0 radical (unpaired) electrons. The molecule has 2 aromatic carbocycles. The summed E-state index contributed by atoms with van der Waals surface area (Å²) in [4.78, 5) is 32.0. The van der Waals surface area contributed by atoms with Gasteiger partial charge >= 0.3 is 5.97 Å². The summed E-state index contributed by atoms with van der Waals surface area (Å²) < 4.78 is 18.2. The number of methoxy groups -OCH3 is 1. The summed E-state index contributed by atoms with van der Waals surface area (Å²) in [6, 6.07) is 14.8. The minimum absolute atomic E-state index is 0.0588. The summed E-state index contributed by atoms with van der Waals surface area (Å²) in [6.07, 6.45) is 1.63. The summed E-state index contributed by atoms with van der Waals surface area (Å²) in [7, 11) is 1.52. The summed E-state index contributed by atoms with van der Waals surface area (Å²) in [6.45, 7) is 2.00. The van der Waals surface area contributed by atoms with Crippen LogP contribution in [0, 0.1) is 0 Å². The molecule has 2 aromatic heterocycles. The van der Waals surface area contributed by atoms with Gasteiger partial charge in [0.2, 0.25) is 0 Å². The van der Waals surface area contributed by atoms with Crippen LogP contribution in [-0.2, 0) is 14.3 Å². The Kier molecular flexibility index (Phi) is 8.11. The number of furan rings is 1. The highest BCUT2D eigenvalue weighted by Gasteiger charge is 2.34. The maximum absolute atomic E-state index is 13.8. The Morgan fingerprint density at radius 2 is 1.90 bits per heavy atom. The monoisotopic (exact) mass is 602 g/mol. The Hall–Kier alpha value is -3.14. The average Bonchev–Trinajstić information content (AvgIpc) is 3.49. The second-order valence-corrected chi connectivity index (χ2v) is 10.8. The van der Waals surface area contributed by atoms with Crippen LogP contribution in [0.25, 0.3) is 17.4 Å². The molecule has 7 nitrogen and oxygen atoms in total. The van der Waals surface area contributed by atoms with Crippen LogP contribution in [0.1, 0.15) is 24.3 Å². The second kappa shape index (κ2) is 11.5. The molecule has 1 atom stereocenters. The molecular formula is C28H21Cl3N2O5S. The van der Waals surface area contributed by atoms with Crippen molar-refractivity contribution in [2.75, 3.05) is 20.3 Å². The van der Waals surface area contributed by atoms with Crippen LogP contribution in [0.5, 0.6) is 0 Å². The number of thiazole rings is 1. The number of aromatic nitrogens is 1. The standard InChI is InChI=1S/C28H21Cl3N2O5S/c1-15-24(27(35)37-12-11-36-2)25(18-5-3-4-6-20(18)30)33-26(34)23(39-28(33)32-15)14-17-8-10-22(38-17)19-13-16(29)7-9-21(19)31/h3-10,13-14,25H,11-12H2,1-2H3. The van der Waals surface area contributed by atoms with Gasteiger partial charge in [0.05, 0.1) is 27.4 Å². The molecule has 4 aromatic rings. The molecular weight excluding hydrogens is 583 g/mol. The van der Waals surface area contributed by atoms with Crippen LogP contribution in [0.2, 0.25) is 15.1 Å². The predicted octanol–water partition coefficient (Wildman–Crippen LogP) is 5.65. The van der Waals surface area contributed by atoms with Gasteiger partial charge in [0.25, 0.3) is 5.56 Å². The zero-order valence-corrected chi connectivity index (χ0v) is 23.8. The number of halogens is 3. The molecule has 0 N–H and O–H groups in total. The number of nitrogens with zero attached hydrogens (tertiary/aromatic N) is 2. The first-order valence-corrected chi connectivity index (χ1v) is 13.7. The number of hydrogen-bond acceptors (Lipinski definition) is 7. The molecule has 1 aliphatic heterocycles. The van der Waals surface area contributed by atoms with Crippen molar-refractivity contribution in [1.29, 1.82) is 0 Å². The fourth-order valence-corrected chi connectivity index (χ4v) is 5.91. The number of fused-ring (bicyclic) bond motifs is 1. The zero-order chi connectivity index (χ0) is 27.7. The van der Waals surface area contributed by atoms with Crippen molar-refractivity contribution in [3.05, 3.63) is 112 Å². The number of hydrogen-bond donors (Lipinski definition) is 0. The van der Waals surface area contributed by atoms with Crippen molar-refractivity contribution in [3.8, 4) is 11.3 Å². The van der Waals surface area contributed by atoms with Crippen molar-refractivity contribution in [2.24, 2.45) is 4.99 Å². The Balaban J connectivity index is 1.62. The Labute approximate surface area is 242 Å². The number of carbonyl (C=O) groups excluding carboxylic acids is 1. The largest absolute Gasteiger partial charge is 0.460 e. The highest BCUT2D eigenvalue weighted by Crippen LogP contribution is 2.35. The third-order valence-corrected chi connectivity index (χ3v) is 7.95. The fourth-order valence-electron chi connectivity index (χ4n) is 4.26. The maximum atomic E-state index is 13.8. The van der Waals surface area contributed by atoms with E-state index < -0.39 is 12.0 Å². The van der Waals surface area contributed by atoms with Gasteiger partial charge in [-0.15, -0.1) is 0 Å². The molecule has 11 heteroatoms. The molecule has 0 bridgehead atoms. The molecule has 39 heavy (non-hydrogen) atoms. The van der Waals surface area contributed by atoms with E-state index in [9.17, 15) is 9.59 Å². The molecule has 200 valence electrons. The molecule has 0 aliphatic carbocycles. The molecule has 0 amide bonds. The van der Waals surface area contributed by atoms with E-state index in [0.717, 1.165) is 0 Å². The Morgan fingerprint density at radius 1 is 1.10 bits per heavy atom. The molecule has 0 saturated heterocycles. The number of carbonyl (C=O) groups is 1. The predicted molar refractivity (Wildman–Crippen MR) is 152 cm³/mol. The number of ether oxygens (including phenoxy) is 2. The Bertz CT molecular complexity index is 1790. The molecule has 1 aliphatic rings. The van der Waals surface area contributed by atoms with Gasteiger partial charge in [-0.3, -0.25) is 9.36 Å². The summed E-state index contributed by atoms with van der Waals surface area (Å²) in [5.74, 6) is 0.351. The normalized spacial score (nSPS) is 15.3. The van der Waals surface area contributed by atoms with Crippen molar-refractivity contribution >= 4 is 58.2 Å². The van der Waals surface area contributed by atoms with E-state index in [-0.39, 0.29) is 24.3 Å². The zero-order valence-electron chi connectivity index (χ0n) is 20.7. The van der Waals surface area contributed by atoms with Crippen LogP contribution >= 0.6 is 46.1 Å². The van der Waals surface area contributed by atoms with Crippen LogP contribution in [-0.4, -0.2) is 30.9 Å². The fraction of sp³-hybridized carbons (Fsp3) is 0.179. The smallest absolute Gasteiger partial charge is 0.338 e. The molecule has 3 heterocycles. The summed E-state index contributed by atoms with van der Waals surface area (Å²) in [5, 5.41) is 1.41. The van der Waals surface area contributed by atoms with Crippen molar-refractivity contribution in [2.45, 2.75) is 13.0 Å². The topological polar surface area (TPSA) is 83.0 Å². The van der Waals surface area contributed by atoms with Crippen LogP contribution < -0.4 is 14.9 Å². The highest BCUT2D eigenvalue weighted by atomic mass is 35.5. The van der Waals surface area contributed by atoms with E-state index in [0.29, 0.717) is 52.7 Å². The number of rotatable bonds is 7. The first-order valence-electron chi connectivity index (χ1n) is 11.8. The van der Waals surface area contributed by atoms with E-state index in [4.69, 9.17) is 48.7 Å². The van der Waals surface area contributed by atoms with Gasteiger partial charge in [0.15, 0.2) is 4.80 Å². The van der Waals surface area contributed by atoms with Crippen LogP contribution in [0.4, 0.5) is 0 Å². The molecule has 0 fully saturated rings. The van der Waals surface area contributed by atoms with Crippen molar-refractivity contribution in [1.82, 2.24) is 4.57 Å². The minimum Gasteiger partial charge on any atom is -0.460 e. The van der Waals surface area contributed by atoms with E-state index in [1.807, 2.05) is 0 Å². The van der Waals surface area contributed by atoms with Crippen molar-refractivity contribution < 1.29 is 18.7 Å². The van der Waals surface area contributed by atoms with Gasteiger partial charge in [-0.1, -0.05) is 64.3 Å².